The lowest BCUT2D eigenvalue weighted by Gasteiger charge is -2.31. The van der Waals surface area contributed by atoms with Crippen LogP contribution in [0.3, 0.4) is 0 Å². The quantitative estimate of drug-likeness (QED) is 0.691. The van der Waals surface area contributed by atoms with Crippen LogP contribution >= 0.6 is 0 Å². The number of aliphatic hydroxyl groups is 1. The molecular weight excluding hydrogens is 212 g/mol. The number of carbonyl (C=O) groups excluding carboxylic acids is 1. The summed E-state index contributed by atoms with van der Waals surface area (Å²) in [5.41, 5.74) is -0.625. The van der Waals surface area contributed by atoms with E-state index in [-0.39, 0.29) is 11.7 Å². The summed E-state index contributed by atoms with van der Waals surface area (Å²) >= 11 is 0. The molecule has 1 aromatic rings. The summed E-state index contributed by atoms with van der Waals surface area (Å²) < 4.78 is 0. The topological polar surface area (TPSA) is 37.3 Å². The predicted octanol–water partition coefficient (Wildman–Crippen LogP) is 2.16. The highest BCUT2D eigenvalue weighted by Crippen LogP contribution is 2.30. The van der Waals surface area contributed by atoms with Crippen LogP contribution in [0.4, 0.5) is 0 Å². The lowest BCUT2D eigenvalue weighted by atomic mass is 9.76. The largest absolute Gasteiger partial charge is 0.371 e. The molecule has 1 aliphatic rings. The third-order valence-corrected chi connectivity index (χ3v) is 3.35. The van der Waals surface area contributed by atoms with Crippen LogP contribution in [0.15, 0.2) is 30.3 Å². The number of hydrogen-bond donors (Lipinski definition) is 1. The molecule has 0 unspecified atom stereocenters. The minimum atomic E-state index is -1.45. The Morgan fingerprint density at radius 1 is 1.35 bits per heavy atom. The van der Waals surface area contributed by atoms with Crippen LogP contribution < -0.4 is 0 Å². The first-order valence-corrected chi connectivity index (χ1v) is 5.97. The molecule has 0 saturated heterocycles. The number of benzene rings is 1. The normalized spacial score (nSPS) is 28.4. The molecule has 0 radical (unpaired) electrons. The van der Waals surface area contributed by atoms with Gasteiger partial charge in [0.1, 0.15) is 0 Å². The van der Waals surface area contributed by atoms with Crippen molar-refractivity contribution in [2.45, 2.75) is 31.8 Å². The van der Waals surface area contributed by atoms with E-state index in [1.807, 2.05) is 37.3 Å². The molecule has 2 rings (SSSR count). The Balaban J connectivity index is 2.27. The maximum absolute atomic E-state index is 11.8. The molecule has 2 atom stereocenters. The van der Waals surface area contributed by atoms with Gasteiger partial charge in [-0.2, -0.15) is 0 Å². The standard InChI is InChI=1S/C15H16O2/c1-12-6-5-9-14(16)15(12,17)11-10-13-7-3-2-4-8-13/h2-4,7-8,12,17H,5-6,9H2,1H3/t12-,15+/m1/s1. The van der Waals surface area contributed by atoms with Crippen molar-refractivity contribution in [1.29, 1.82) is 0 Å². The Morgan fingerprint density at radius 2 is 2.06 bits per heavy atom. The van der Waals surface area contributed by atoms with Gasteiger partial charge in [-0.1, -0.05) is 37.0 Å². The van der Waals surface area contributed by atoms with Crippen molar-refractivity contribution >= 4 is 5.78 Å². The second-order valence-electron chi connectivity index (χ2n) is 4.60. The van der Waals surface area contributed by atoms with E-state index >= 15 is 0 Å². The van der Waals surface area contributed by atoms with Gasteiger partial charge in [-0.25, -0.2) is 0 Å². The molecule has 1 aliphatic carbocycles. The second kappa shape index (κ2) is 4.73. The highest BCUT2D eigenvalue weighted by molar-refractivity contribution is 5.91. The molecule has 88 valence electrons. The summed E-state index contributed by atoms with van der Waals surface area (Å²) in [6, 6.07) is 9.43. The first-order chi connectivity index (χ1) is 8.13. The molecule has 0 aliphatic heterocycles. The molecular formula is C15H16O2. The molecule has 2 nitrogen and oxygen atoms in total. The van der Waals surface area contributed by atoms with Gasteiger partial charge in [-0.3, -0.25) is 4.79 Å². The van der Waals surface area contributed by atoms with Crippen molar-refractivity contribution in [2.75, 3.05) is 0 Å². The van der Waals surface area contributed by atoms with Crippen molar-refractivity contribution in [3.8, 4) is 11.8 Å². The Kier molecular flexibility index (Phi) is 3.31. The maximum atomic E-state index is 11.8. The molecule has 0 aromatic heterocycles. The van der Waals surface area contributed by atoms with Gasteiger partial charge in [0.05, 0.1) is 0 Å². The SMILES string of the molecule is C[C@@H]1CCCC(=O)[C@]1(O)C#Cc1ccccc1. The predicted molar refractivity (Wildman–Crippen MR) is 66.3 cm³/mol. The molecule has 0 heterocycles. The van der Waals surface area contributed by atoms with Crippen LogP contribution in [0, 0.1) is 17.8 Å². The van der Waals surface area contributed by atoms with Crippen LogP contribution in [-0.4, -0.2) is 16.5 Å². The number of rotatable bonds is 0. The summed E-state index contributed by atoms with van der Waals surface area (Å²) in [5, 5.41) is 10.3. The van der Waals surface area contributed by atoms with Crippen LogP contribution in [0.1, 0.15) is 31.7 Å². The molecule has 17 heavy (non-hydrogen) atoms. The monoisotopic (exact) mass is 228 g/mol. The van der Waals surface area contributed by atoms with E-state index in [2.05, 4.69) is 11.8 Å². The third-order valence-electron chi connectivity index (χ3n) is 3.35. The van der Waals surface area contributed by atoms with Gasteiger partial charge in [0.2, 0.25) is 0 Å². The zero-order valence-electron chi connectivity index (χ0n) is 9.94. The van der Waals surface area contributed by atoms with Gasteiger partial charge in [0.15, 0.2) is 11.4 Å². The zero-order valence-corrected chi connectivity index (χ0v) is 9.94. The molecule has 1 N–H and O–H groups in total. The van der Waals surface area contributed by atoms with E-state index in [4.69, 9.17) is 0 Å². The van der Waals surface area contributed by atoms with E-state index in [0.29, 0.717) is 6.42 Å². The minimum absolute atomic E-state index is 0.0834. The van der Waals surface area contributed by atoms with E-state index in [1.54, 1.807) is 0 Å². The molecule has 1 fully saturated rings. The fourth-order valence-corrected chi connectivity index (χ4v) is 2.12. The molecule has 0 amide bonds. The molecule has 1 saturated carbocycles. The number of Topliss-reactive ketones (excluding diaryl/α,β-unsaturated/α-hetero) is 1. The number of ketones is 1. The number of carbonyl (C=O) groups is 1. The second-order valence-corrected chi connectivity index (χ2v) is 4.60. The van der Waals surface area contributed by atoms with Crippen molar-refractivity contribution in [2.24, 2.45) is 5.92 Å². The Morgan fingerprint density at radius 3 is 2.71 bits per heavy atom. The fraction of sp³-hybridized carbons (Fsp3) is 0.400. The van der Waals surface area contributed by atoms with Crippen LogP contribution in [0.2, 0.25) is 0 Å². The Labute approximate surface area is 102 Å². The Hall–Kier alpha value is -1.59. The van der Waals surface area contributed by atoms with Crippen LogP contribution in [0.25, 0.3) is 0 Å². The average Bonchev–Trinajstić information content (AvgIpc) is 2.35. The smallest absolute Gasteiger partial charge is 0.186 e. The first kappa shape index (κ1) is 11.9. The first-order valence-electron chi connectivity index (χ1n) is 5.97. The van der Waals surface area contributed by atoms with Crippen LogP contribution in [-0.2, 0) is 4.79 Å². The summed E-state index contributed by atoms with van der Waals surface area (Å²) in [5.74, 6) is 5.44. The van der Waals surface area contributed by atoms with Gasteiger partial charge >= 0.3 is 0 Å². The van der Waals surface area contributed by atoms with Crippen molar-refractivity contribution < 1.29 is 9.90 Å². The number of hydrogen-bond acceptors (Lipinski definition) is 2. The molecule has 2 heteroatoms. The Bertz CT molecular complexity index is 467. The minimum Gasteiger partial charge on any atom is -0.371 e. The highest BCUT2D eigenvalue weighted by Gasteiger charge is 2.41. The molecule has 1 aromatic carbocycles. The van der Waals surface area contributed by atoms with E-state index in [9.17, 15) is 9.90 Å². The van der Waals surface area contributed by atoms with Gasteiger partial charge in [0.25, 0.3) is 0 Å². The summed E-state index contributed by atoms with van der Waals surface area (Å²) in [6.07, 6.45) is 2.14. The zero-order chi connectivity index (χ0) is 12.3. The van der Waals surface area contributed by atoms with E-state index in [0.717, 1.165) is 18.4 Å². The van der Waals surface area contributed by atoms with Crippen molar-refractivity contribution in [3.05, 3.63) is 35.9 Å². The van der Waals surface area contributed by atoms with Gasteiger partial charge in [-0.05, 0) is 25.0 Å². The van der Waals surface area contributed by atoms with E-state index in [1.165, 1.54) is 0 Å². The fourth-order valence-electron chi connectivity index (χ4n) is 2.12. The third kappa shape index (κ3) is 2.40. The van der Waals surface area contributed by atoms with Gasteiger partial charge < -0.3 is 5.11 Å². The lowest BCUT2D eigenvalue weighted by Crippen LogP contribution is -2.46. The highest BCUT2D eigenvalue weighted by atomic mass is 16.3. The van der Waals surface area contributed by atoms with Gasteiger partial charge in [-0.15, -0.1) is 0 Å². The summed E-state index contributed by atoms with van der Waals surface area (Å²) in [7, 11) is 0. The molecule has 0 bridgehead atoms. The summed E-state index contributed by atoms with van der Waals surface area (Å²) in [6.45, 7) is 1.89. The van der Waals surface area contributed by atoms with Crippen molar-refractivity contribution in [1.82, 2.24) is 0 Å². The molecule has 0 spiro atoms. The van der Waals surface area contributed by atoms with Crippen LogP contribution in [0.5, 0.6) is 0 Å². The van der Waals surface area contributed by atoms with Crippen molar-refractivity contribution in [3.63, 3.8) is 0 Å². The maximum Gasteiger partial charge on any atom is 0.186 e. The van der Waals surface area contributed by atoms with E-state index < -0.39 is 5.60 Å². The average molecular weight is 228 g/mol. The lowest BCUT2D eigenvalue weighted by molar-refractivity contribution is -0.139. The van der Waals surface area contributed by atoms with Gasteiger partial charge in [0, 0.05) is 17.9 Å². The summed E-state index contributed by atoms with van der Waals surface area (Å²) in [4.78, 5) is 11.8.